The van der Waals surface area contributed by atoms with Crippen LogP contribution in [0.5, 0.6) is 0 Å². The number of hydrogen-bond donors (Lipinski definition) is 1. The fourth-order valence-electron chi connectivity index (χ4n) is 0.109. The maximum atomic E-state index is 9.60. The van der Waals surface area contributed by atoms with E-state index in [1.54, 1.807) is 0 Å². The van der Waals surface area contributed by atoms with E-state index in [1.807, 2.05) is 0 Å². The zero-order valence-corrected chi connectivity index (χ0v) is 8.34. The van der Waals surface area contributed by atoms with Gasteiger partial charge in [0, 0.05) is 0 Å². The molecule has 8 heteroatoms. The molecule has 0 heterocycles. The van der Waals surface area contributed by atoms with Gasteiger partial charge >= 0.3 is 48.1 Å². The molecule has 58 valence electrons. The van der Waals surface area contributed by atoms with Gasteiger partial charge in [-0.2, -0.15) is 8.42 Å². The smallest absolute Gasteiger partial charge is 2.00 e. The van der Waals surface area contributed by atoms with E-state index in [0.29, 0.717) is 0 Å². The molecule has 0 saturated heterocycles. The fourth-order valence-corrected chi connectivity index (χ4v) is 0.327. The minimum absolute atomic E-state index is 0. The molecule has 0 aromatic rings. The van der Waals surface area contributed by atoms with E-state index in [2.05, 4.69) is 9.22 Å². The Morgan fingerprint density at radius 2 is 1.90 bits per heavy atom. The summed E-state index contributed by atoms with van der Waals surface area (Å²) in [6.07, 6.45) is 0. The molecule has 0 aliphatic rings. The minimum Gasteiger partial charge on any atom is -2.00 e. The topological polar surface area (TPSA) is 101 Å². The third-order valence-electron chi connectivity index (χ3n) is 0.252. The average Bonchev–Trinajstić information content (AvgIpc) is 1.59. The average molecular weight is 198 g/mol. The summed E-state index contributed by atoms with van der Waals surface area (Å²) in [5, 5.41) is 0. The fraction of sp³-hybridized carbons (Fsp3) is 1.00. The van der Waals surface area contributed by atoms with Crippen LogP contribution >= 0.6 is 0 Å². The molecule has 10 heavy (non-hydrogen) atoms. The predicted molar refractivity (Wildman–Crippen MR) is 30.7 cm³/mol. The van der Waals surface area contributed by atoms with Crippen LogP contribution in [-0.2, 0) is 25.1 Å². The van der Waals surface area contributed by atoms with Crippen molar-refractivity contribution >= 4 is 48.1 Å². The van der Waals surface area contributed by atoms with Gasteiger partial charge in [-0.3, -0.25) is 4.55 Å². The molecule has 1 N–H and O–H groups in total. The quantitative estimate of drug-likeness (QED) is 0.278. The number of rotatable bonds is 3. The first-order chi connectivity index (χ1) is 3.56. The van der Waals surface area contributed by atoms with Crippen molar-refractivity contribution in [2.24, 2.45) is 0 Å². The summed E-state index contributed by atoms with van der Waals surface area (Å²) in [5.41, 5.74) is 0. The van der Waals surface area contributed by atoms with E-state index in [0.717, 1.165) is 0 Å². The predicted octanol–water partition coefficient (Wildman–Crippen LogP) is -0.742. The summed E-state index contributed by atoms with van der Waals surface area (Å²) >= 11 is 0. The molecule has 0 saturated carbocycles. The van der Waals surface area contributed by atoms with Crippen LogP contribution in [0.15, 0.2) is 0 Å². The standard InChI is InChI=1S/C2H6O5S.Ca.O/c1-2-6-7-8(3,4)5;;/h2H2,1H3,(H,3,4,5);;/q;+2;-2. The van der Waals surface area contributed by atoms with Gasteiger partial charge < -0.3 is 5.48 Å². The summed E-state index contributed by atoms with van der Waals surface area (Å²) < 4.78 is 30.4. The molecule has 0 rings (SSSR count). The van der Waals surface area contributed by atoms with Gasteiger partial charge in [0.15, 0.2) is 0 Å². The monoisotopic (exact) mass is 198 g/mol. The summed E-state index contributed by atoms with van der Waals surface area (Å²) in [6.45, 7) is 1.59. The molecule has 0 bridgehead atoms. The van der Waals surface area contributed by atoms with Crippen molar-refractivity contribution in [1.82, 2.24) is 0 Å². The SMILES string of the molecule is CCOOS(=O)(=O)O.[Ca+2].[O-2]. The Hall–Kier alpha value is 1.05. The van der Waals surface area contributed by atoms with Gasteiger partial charge in [-0.15, -0.1) is 0 Å². The van der Waals surface area contributed by atoms with Crippen LogP contribution in [0.1, 0.15) is 6.92 Å². The summed E-state index contributed by atoms with van der Waals surface area (Å²) in [6, 6.07) is 0. The van der Waals surface area contributed by atoms with Crippen LogP contribution < -0.4 is 0 Å². The van der Waals surface area contributed by atoms with E-state index in [1.165, 1.54) is 6.92 Å². The van der Waals surface area contributed by atoms with Crippen molar-refractivity contribution in [2.45, 2.75) is 6.92 Å². The van der Waals surface area contributed by atoms with Crippen molar-refractivity contribution in [3.05, 3.63) is 0 Å². The zero-order valence-electron chi connectivity index (χ0n) is 5.31. The van der Waals surface area contributed by atoms with Crippen molar-refractivity contribution < 1.29 is 27.7 Å². The van der Waals surface area contributed by atoms with Gasteiger partial charge in [0.2, 0.25) is 0 Å². The first-order valence-electron chi connectivity index (χ1n) is 1.85. The van der Waals surface area contributed by atoms with E-state index < -0.39 is 10.4 Å². The zero-order chi connectivity index (χ0) is 6.62. The molecule has 0 unspecified atom stereocenters. The molecule has 0 radical (unpaired) electrons. The molecule has 6 nitrogen and oxygen atoms in total. The maximum absolute atomic E-state index is 9.60. The molecule has 0 fully saturated rings. The van der Waals surface area contributed by atoms with Gasteiger partial charge in [-0.1, -0.05) is 4.33 Å². The van der Waals surface area contributed by atoms with Gasteiger partial charge in [0.05, 0.1) is 6.61 Å². The van der Waals surface area contributed by atoms with Crippen LogP contribution in [0.25, 0.3) is 0 Å². The Kier molecular flexibility index (Phi) is 14.0. The second-order valence-electron chi connectivity index (χ2n) is 0.902. The van der Waals surface area contributed by atoms with E-state index >= 15 is 0 Å². The molecular formula is C2H6CaO6S. The molecule has 0 spiro atoms. The largest absolute Gasteiger partial charge is 2.00 e. The minimum atomic E-state index is -4.41. The van der Waals surface area contributed by atoms with Crippen LogP contribution in [-0.4, -0.2) is 57.3 Å². The Morgan fingerprint density at radius 3 is 2.00 bits per heavy atom. The Balaban J connectivity index is -0.000000245. The van der Waals surface area contributed by atoms with Crippen LogP contribution in [0, 0.1) is 0 Å². The first kappa shape index (κ1) is 17.2. The van der Waals surface area contributed by atoms with Gasteiger partial charge in [0.1, 0.15) is 0 Å². The maximum Gasteiger partial charge on any atom is 2.00 e. The second-order valence-corrected chi connectivity index (χ2v) is 1.89. The second kappa shape index (κ2) is 8.15. The van der Waals surface area contributed by atoms with E-state index in [-0.39, 0.29) is 49.8 Å². The normalized spacial score (nSPS) is 9.40. The Bertz CT molecular complexity index is 140. The molecular weight excluding hydrogens is 192 g/mol. The molecule has 0 atom stereocenters. The van der Waals surface area contributed by atoms with Crippen molar-refractivity contribution in [3.63, 3.8) is 0 Å². The van der Waals surface area contributed by atoms with E-state index in [4.69, 9.17) is 4.55 Å². The molecule has 0 aromatic carbocycles. The molecule has 0 amide bonds. The van der Waals surface area contributed by atoms with Gasteiger partial charge in [-0.05, 0) is 6.92 Å². The van der Waals surface area contributed by atoms with Crippen molar-refractivity contribution in [2.75, 3.05) is 6.61 Å². The van der Waals surface area contributed by atoms with Gasteiger partial charge in [0.25, 0.3) is 0 Å². The van der Waals surface area contributed by atoms with Gasteiger partial charge in [-0.25, -0.2) is 4.89 Å². The Labute approximate surface area is 88.7 Å². The van der Waals surface area contributed by atoms with Crippen molar-refractivity contribution in [1.29, 1.82) is 0 Å². The summed E-state index contributed by atoms with van der Waals surface area (Å²) in [5.74, 6) is 0. The van der Waals surface area contributed by atoms with E-state index in [9.17, 15) is 8.42 Å². The first-order valence-corrected chi connectivity index (χ1v) is 3.21. The molecule has 0 aliphatic carbocycles. The van der Waals surface area contributed by atoms with Crippen molar-refractivity contribution in [3.8, 4) is 0 Å². The summed E-state index contributed by atoms with van der Waals surface area (Å²) in [7, 11) is -4.41. The third kappa shape index (κ3) is 16.0. The summed E-state index contributed by atoms with van der Waals surface area (Å²) in [4.78, 5) is 3.86. The molecule has 0 aliphatic heterocycles. The van der Waals surface area contributed by atoms with Crippen LogP contribution in [0.2, 0.25) is 0 Å². The molecule has 0 aromatic heterocycles. The van der Waals surface area contributed by atoms with Crippen LogP contribution in [0.4, 0.5) is 0 Å². The van der Waals surface area contributed by atoms with Crippen LogP contribution in [0.3, 0.4) is 0 Å². The Morgan fingerprint density at radius 1 is 1.50 bits per heavy atom. The third-order valence-corrected chi connectivity index (χ3v) is 0.520. The number of hydrogen-bond acceptors (Lipinski definition) is 4.